The number of Topliss-reactive ketones (excluding diaryl/α,β-unsaturated/α-hetero) is 1. The van der Waals surface area contributed by atoms with E-state index in [2.05, 4.69) is 53.5 Å². The molecular formula is C27H35ClN4O2. The molecule has 3 N–H and O–H groups in total. The van der Waals surface area contributed by atoms with Crippen molar-refractivity contribution in [1.29, 1.82) is 0 Å². The Kier molecular flexibility index (Phi) is 8.86. The van der Waals surface area contributed by atoms with E-state index in [1.807, 2.05) is 24.3 Å². The van der Waals surface area contributed by atoms with Crippen LogP contribution in [0.3, 0.4) is 0 Å². The van der Waals surface area contributed by atoms with Crippen LogP contribution in [-0.4, -0.2) is 40.3 Å². The third kappa shape index (κ3) is 7.67. The number of nitrogens with zero attached hydrogens (tertiary/aromatic N) is 1. The average Bonchev–Trinajstić information content (AvgIpc) is 3.17. The van der Waals surface area contributed by atoms with Crippen LogP contribution in [0, 0.1) is 5.41 Å². The molecule has 7 heteroatoms. The Morgan fingerprint density at radius 2 is 1.85 bits per heavy atom. The number of nitrogens with one attached hydrogen (secondary N) is 3. The molecule has 182 valence electrons. The molecule has 0 radical (unpaired) electrons. The number of aromatic nitrogens is 2. The van der Waals surface area contributed by atoms with E-state index in [4.69, 9.17) is 11.6 Å². The Morgan fingerprint density at radius 1 is 1.12 bits per heavy atom. The minimum Gasteiger partial charge on any atom is -0.345 e. The van der Waals surface area contributed by atoms with E-state index in [-0.39, 0.29) is 23.1 Å². The molecule has 1 aromatic carbocycles. The number of ketones is 1. The summed E-state index contributed by atoms with van der Waals surface area (Å²) in [6.45, 7) is 8.85. The van der Waals surface area contributed by atoms with Crippen LogP contribution in [-0.2, 0) is 22.4 Å². The molecular weight excluding hydrogens is 448 g/mol. The molecule has 0 aliphatic heterocycles. The largest absolute Gasteiger partial charge is 0.345 e. The van der Waals surface area contributed by atoms with E-state index in [1.165, 1.54) is 5.56 Å². The number of aryl methyl sites for hydroxylation is 2. The monoisotopic (exact) mass is 482 g/mol. The second-order valence-corrected chi connectivity index (χ2v) is 10.5. The molecule has 2 heterocycles. The van der Waals surface area contributed by atoms with E-state index >= 15 is 0 Å². The molecule has 1 amide bonds. The maximum Gasteiger partial charge on any atom is 0.237 e. The van der Waals surface area contributed by atoms with Crippen LogP contribution in [0.4, 0.5) is 0 Å². The lowest BCUT2D eigenvalue weighted by Gasteiger charge is -2.25. The van der Waals surface area contributed by atoms with Crippen LogP contribution in [0.5, 0.6) is 0 Å². The van der Waals surface area contributed by atoms with Gasteiger partial charge in [-0.15, -0.1) is 0 Å². The molecule has 0 fully saturated rings. The maximum atomic E-state index is 13.1. The molecule has 0 aliphatic rings. The topological polar surface area (TPSA) is 86.9 Å². The normalized spacial score (nSPS) is 13.6. The number of carbonyl (C=O) groups excluding carboxylic acids is 2. The SMILES string of the molecule is C[C@H](NC(=O)[C@@H](CCc1ccccc1)NCC(C)(C)C)C(=O)CCc1cnc2[nH]cc(Cl)c2c1. The number of H-pyrrole nitrogens is 1. The lowest BCUT2D eigenvalue weighted by atomic mass is 9.95. The van der Waals surface area contributed by atoms with Crippen molar-refractivity contribution in [2.75, 3.05) is 6.54 Å². The van der Waals surface area contributed by atoms with Crippen molar-refractivity contribution in [3.63, 3.8) is 0 Å². The Bertz CT molecular complexity index is 1100. The first kappa shape index (κ1) is 25.9. The maximum absolute atomic E-state index is 13.1. The Hall–Kier alpha value is -2.70. The van der Waals surface area contributed by atoms with Gasteiger partial charge in [0.05, 0.1) is 17.1 Å². The lowest BCUT2D eigenvalue weighted by molar-refractivity contribution is -0.128. The molecule has 0 saturated heterocycles. The third-order valence-electron chi connectivity index (χ3n) is 5.80. The van der Waals surface area contributed by atoms with Crippen LogP contribution in [0.25, 0.3) is 11.0 Å². The average molecular weight is 483 g/mol. The number of aromatic amines is 1. The number of hydrogen-bond donors (Lipinski definition) is 3. The van der Waals surface area contributed by atoms with Crippen LogP contribution in [0.2, 0.25) is 5.02 Å². The number of fused-ring (bicyclic) bond motifs is 1. The minimum atomic E-state index is -0.560. The van der Waals surface area contributed by atoms with E-state index in [0.717, 1.165) is 23.0 Å². The number of hydrogen-bond acceptors (Lipinski definition) is 4. The summed E-state index contributed by atoms with van der Waals surface area (Å²) in [5.74, 6) is -0.144. The van der Waals surface area contributed by atoms with Gasteiger partial charge in [0.2, 0.25) is 5.91 Å². The van der Waals surface area contributed by atoms with Crippen molar-refractivity contribution in [3.05, 3.63) is 64.9 Å². The van der Waals surface area contributed by atoms with Crippen molar-refractivity contribution < 1.29 is 9.59 Å². The fourth-order valence-electron chi connectivity index (χ4n) is 3.74. The highest BCUT2D eigenvalue weighted by molar-refractivity contribution is 6.35. The summed E-state index contributed by atoms with van der Waals surface area (Å²) in [4.78, 5) is 33.2. The molecule has 34 heavy (non-hydrogen) atoms. The van der Waals surface area contributed by atoms with Crippen LogP contribution >= 0.6 is 11.6 Å². The second kappa shape index (κ2) is 11.6. The van der Waals surface area contributed by atoms with Gasteiger partial charge in [-0.3, -0.25) is 9.59 Å². The van der Waals surface area contributed by atoms with Gasteiger partial charge < -0.3 is 15.6 Å². The van der Waals surface area contributed by atoms with Gasteiger partial charge in [-0.05, 0) is 48.8 Å². The summed E-state index contributed by atoms with van der Waals surface area (Å²) in [5.41, 5.74) is 2.90. The molecule has 0 spiro atoms. The Balaban J connectivity index is 1.55. The summed E-state index contributed by atoms with van der Waals surface area (Å²) >= 11 is 6.17. The van der Waals surface area contributed by atoms with Crippen molar-refractivity contribution in [2.24, 2.45) is 5.41 Å². The van der Waals surface area contributed by atoms with Crippen LogP contribution in [0.1, 0.15) is 51.7 Å². The highest BCUT2D eigenvalue weighted by Crippen LogP contribution is 2.22. The van der Waals surface area contributed by atoms with Gasteiger partial charge in [0.15, 0.2) is 5.78 Å². The number of amides is 1. The number of pyridine rings is 1. The zero-order valence-electron chi connectivity index (χ0n) is 20.5. The highest BCUT2D eigenvalue weighted by Gasteiger charge is 2.24. The fraction of sp³-hybridized carbons (Fsp3) is 0.444. The zero-order valence-corrected chi connectivity index (χ0v) is 21.2. The number of carbonyl (C=O) groups is 2. The van der Waals surface area contributed by atoms with Crippen molar-refractivity contribution in [3.8, 4) is 0 Å². The van der Waals surface area contributed by atoms with E-state index in [0.29, 0.717) is 30.8 Å². The number of benzene rings is 1. The highest BCUT2D eigenvalue weighted by atomic mass is 35.5. The van der Waals surface area contributed by atoms with Crippen LogP contribution in [0.15, 0.2) is 48.8 Å². The van der Waals surface area contributed by atoms with E-state index < -0.39 is 6.04 Å². The molecule has 2 aromatic heterocycles. The first-order chi connectivity index (χ1) is 16.1. The standard InChI is InChI=1S/C27H35ClN4O2/c1-18(24(33)13-11-20-14-21-22(28)16-30-25(21)29-15-20)32-26(34)23(31-17-27(2,3)4)12-10-19-8-6-5-7-9-19/h5-9,14-16,18,23,31H,10-13,17H2,1-4H3,(H,29,30)(H,32,34)/t18-,23+/m0/s1. The minimum absolute atomic E-state index is 0.00811. The molecule has 6 nitrogen and oxygen atoms in total. The summed E-state index contributed by atoms with van der Waals surface area (Å²) in [6, 6.07) is 11.2. The molecule has 3 rings (SSSR count). The quantitative estimate of drug-likeness (QED) is 0.364. The van der Waals surface area contributed by atoms with E-state index in [9.17, 15) is 9.59 Å². The molecule has 0 saturated carbocycles. The predicted molar refractivity (Wildman–Crippen MR) is 138 cm³/mol. The molecule has 0 bridgehead atoms. The van der Waals surface area contributed by atoms with Crippen molar-refractivity contribution in [1.82, 2.24) is 20.6 Å². The smallest absolute Gasteiger partial charge is 0.237 e. The van der Waals surface area contributed by atoms with E-state index in [1.54, 1.807) is 19.3 Å². The summed E-state index contributed by atoms with van der Waals surface area (Å²) < 4.78 is 0. The van der Waals surface area contributed by atoms with Crippen LogP contribution < -0.4 is 10.6 Å². The summed E-state index contributed by atoms with van der Waals surface area (Å²) in [5, 5.41) is 7.79. The van der Waals surface area contributed by atoms with Crippen molar-refractivity contribution in [2.45, 2.75) is 65.5 Å². The molecule has 3 aromatic rings. The molecule has 0 aliphatic carbocycles. The first-order valence-corrected chi connectivity index (χ1v) is 12.2. The van der Waals surface area contributed by atoms with Gasteiger partial charge in [0, 0.05) is 30.7 Å². The zero-order chi connectivity index (χ0) is 24.7. The lowest BCUT2D eigenvalue weighted by Crippen LogP contribution is -2.50. The van der Waals surface area contributed by atoms with Gasteiger partial charge in [-0.1, -0.05) is 62.7 Å². The summed E-state index contributed by atoms with van der Waals surface area (Å²) in [7, 11) is 0. The Labute approximate surface area is 206 Å². The Morgan fingerprint density at radius 3 is 2.56 bits per heavy atom. The second-order valence-electron chi connectivity index (χ2n) is 10.1. The van der Waals surface area contributed by atoms with Gasteiger partial charge >= 0.3 is 0 Å². The number of rotatable bonds is 11. The van der Waals surface area contributed by atoms with Gasteiger partial charge in [-0.25, -0.2) is 4.98 Å². The predicted octanol–water partition coefficient (Wildman–Crippen LogP) is 4.86. The first-order valence-electron chi connectivity index (χ1n) is 11.8. The molecule has 2 atom stereocenters. The fourth-order valence-corrected chi connectivity index (χ4v) is 3.94. The van der Waals surface area contributed by atoms with Gasteiger partial charge in [0.1, 0.15) is 5.65 Å². The van der Waals surface area contributed by atoms with Gasteiger partial charge in [-0.2, -0.15) is 0 Å². The van der Waals surface area contributed by atoms with Crippen molar-refractivity contribution >= 4 is 34.3 Å². The molecule has 0 unspecified atom stereocenters. The summed E-state index contributed by atoms with van der Waals surface area (Å²) in [6.07, 6.45) is 5.77. The van der Waals surface area contributed by atoms with Gasteiger partial charge in [0.25, 0.3) is 0 Å². The number of halogens is 1. The third-order valence-corrected chi connectivity index (χ3v) is 6.11.